The first-order chi connectivity index (χ1) is 11.4. The Morgan fingerprint density at radius 2 is 1.96 bits per heavy atom. The first-order valence-corrected chi connectivity index (χ1v) is 7.74. The summed E-state index contributed by atoms with van der Waals surface area (Å²) in [5, 5.41) is 11.6. The maximum Gasteiger partial charge on any atom is 0.270 e. The van der Waals surface area contributed by atoms with Crippen LogP contribution in [0.3, 0.4) is 0 Å². The number of carbonyl (C=O) groups is 1. The molecule has 1 amide bonds. The van der Waals surface area contributed by atoms with Crippen molar-refractivity contribution in [1.82, 2.24) is 4.90 Å². The number of likely N-dealkylation sites (N-methyl/N-ethyl adjacent to an activating group) is 1. The normalized spacial score (nSPS) is 10.8. The number of benzene rings is 2. The van der Waals surface area contributed by atoms with Gasteiger partial charge in [0.2, 0.25) is 5.91 Å². The van der Waals surface area contributed by atoms with Gasteiger partial charge in [0.05, 0.1) is 15.0 Å². The smallest absolute Gasteiger partial charge is 0.270 e. The highest BCUT2D eigenvalue weighted by Crippen LogP contribution is 2.23. The van der Waals surface area contributed by atoms with Gasteiger partial charge in [-0.15, -0.1) is 0 Å². The molecule has 0 radical (unpaired) electrons. The van der Waals surface area contributed by atoms with Gasteiger partial charge in [-0.05, 0) is 29.3 Å². The fraction of sp³-hybridized carbons (Fsp3) is 0.118. The SMILES string of the molecule is CN(Cc1ccc(Cl)c(Cl)c1)C(=O)C=Cc1cccc([N+](=O)[O-])c1. The Labute approximate surface area is 149 Å². The molecule has 0 saturated heterocycles. The quantitative estimate of drug-likeness (QED) is 0.443. The second kappa shape index (κ2) is 7.95. The molecule has 0 N–H and O–H groups in total. The van der Waals surface area contributed by atoms with Crippen LogP contribution < -0.4 is 0 Å². The number of hydrogen-bond acceptors (Lipinski definition) is 3. The second-order valence-corrected chi connectivity index (χ2v) is 5.94. The lowest BCUT2D eigenvalue weighted by Crippen LogP contribution is -2.24. The summed E-state index contributed by atoms with van der Waals surface area (Å²) in [5.41, 5.74) is 1.42. The molecule has 24 heavy (non-hydrogen) atoms. The Kier molecular flexibility index (Phi) is 5.95. The van der Waals surface area contributed by atoms with Crippen LogP contribution in [0.25, 0.3) is 6.08 Å². The van der Waals surface area contributed by atoms with Crippen LogP contribution in [0.15, 0.2) is 48.5 Å². The molecule has 0 spiro atoms. The van der Waals surface area contributed by atoms with Crippen LogP contribution in [0.4, 0.5) is 5.69 Å². The number of nitrogens with zero attached hydrogens (tertiary/aromatic N) is 2. The van der Waals surface area contributed by atoms with E-state index in [0.717, 1.165) is 5.56 Å². The van der Waals surface area contributed by atoms with Crippen molar-refractivity contribution in [3.8, 4) is 0 Å². The Morgan fingerprint density at radius 3 is 2.62 bits per heavy atom. The van der Waals surface area contributed by atoms with Crippen LogP contribution in [0.1, 0.15) is 11.1 Å². The lowest BCUT2D eigenvalue weighted by molar-refractivity contribution is -0.384. The van der Waals surface area contributed by atoms with Crippen LogP contribution in [-0.2, 0) is 11.3 Å². The van der Waals surface area contributed by atoms with Gasteiger partial charge in [0.25, 0.3) is 5.69 Å². The third-order valence-corrected chi connectivity index (χ3v) is 4.02. The number of nitro groups is 1. The minimum Gasteiger partial charge on any atom is -0.338 e. The molecule has 0 aliphatic rings. The number of non-ortho nitro benzene ring substituents is 1. The van der Waals surface area contributed by atoms with Gasteiger partial charge < -0.3 is 4.90 Å². The average molecular weight is 365 g/mol. The topological polar surface area (TPSA) is 63.5 Å². The van der Waals surface area contributed by atoms with E-state index in [1.54, 1.807) is 43.5 Å². The van der Waals surface area contributed by atoms with Gasteiger partial charge in [0, 0.05) is 31.8 Å². The summed E-state index contributed by atoms with van der Waals surface area (Å²) in [6.45, 7) is 0.370. The van der Waals surface area contributed by atoms with Gasteiger partial charge in [0.1, 0.15) is 0 Å². The van der Waals surface area contributed by atoms with Crippen molar-refractivity contribution in [2.45, 2.75) is 6.54 Å². The molecule has 0 aliphatic carbocycles. The van der Waals surface area contributed by atoms with Gasteiger partial charge in [0.15, 0.2) is 0 Å². The largest absolute Gasteiger partial charge is 0.338 e. The summed E-state index contributed by atoms with van der Waals surface area (Å²) in [7, 11) is 1.66. The number of hydrogen-bond donors (Lipinski definition) is 0. The van der Waals surface area contributed by atoms with E-state index in [1.165, 1.54) is 23.1 Å². The van der Waals surface area contributed by atoms with E-state index in [4.69, 9.17) is 23.2 Å². The number of rotatable bonds is 5. The molecule has 0 bridgehead atoms. The highest BCUT2D eigenvalue weighted by molar-refractivity contribution is 6.42. The summed E-state index contributed by atoms with van der Waals surface area (Å²) in [5.74, 6) is -0.229. The molecule has 0 aromatic heterocycles. The summed E-state index contributed by atoms with van der Waals surface area (Å²) in [6.07, 6.45) is 2.91. The average Bonchev–Trinajstić information content (AvgIpc) is 2.56. The molecule has 0 fully saturated rings. The fourth-order valence-electron chi connectivity index (χ4n) is 2.03. The van der Waals surface area contributed by atoms with Crippen molar-refractivity contribution in [3.63, 3.8) is 0 Å². The molecule has 0 atom stereocenters. The highest BCUT2D eigenvalue weighted by atomic mass is 35.5. The van der Waals surface area contributed by atoms with Gasteiger partial charge in [-0.25, -0.2) is 0 Å². The lowest BCUT2D eigenvalue weighted by Gasteiger charge is -2.15. The summed E-state index contributed by atoms with van der Waals surface area (Å²) in [6, 6.07) is 11.2. The molecule has 2 aromatic rings. The van der Waals surface area contributed by atoms with E-state index in [9.17, 15) is 14.9 Å². The Morgan fingerprint density at radius 1 is 1.21 bits per heavy atom. The van der Waals surface area contributed by atoms with E-state index in [1.807, 2.05) is 0 Å². The van der Waals surface area contributed by atoms with E-state index < -0.39 is 4.92 Å². The minimum absolute atomic E-state index is 0.0197. The van der Waals surface area contributed by atoms with Crippen molar-refractivity contribution in [3.05, 3.63) is 79.8 Å². The third-order valence-electron chi connectivity index (χ3n) is 3.28. The number of amides is 1. The maximum absolute atomic E-state index is 12.1. The van der Waals surface area contributed by atoms with Crippen LogP contribution >= 0.6 is 23.2 Å². The minimum atomic E-state index is -0.477. The molecular weight excluding hydrogens is 351 g/mol. The molecule has 124 valence electrons. The van der Waals surface area contributed by atoms with E-state index in [-0.39, 0.29) is 11.6 Å². The first-order valence-electron chi connectivity index (χ1n) is 6.98. The van der Waals surface area contributed by atoms with Crippen molar-refractivity contribution >= 4 is 40.9 Å². The Balaban J connectivity index is 2.04. The molecule has 2 aromatic carbocycles. The van der Waals surface area contributed by atoms with Gasteiger partial charge >= 0.3 is 0 Å². The molecule has 0 saturated carbocycles. The molecular formula is C17H14Cl2N2O3. The predicted octanol–water partition coefficient (Wildman–Crippen LogP) is 4.57. The van der Waals surface area contributed by atoms with Crippen molar-refractivity contribution in [2.24, 2.45) is 0 Å². The fourth-order valence-corrected chi connectivity index (χ4v) is 2.35. The predicted molar refractivity (Wildman–Crippen MR) is 95.1 cm³/mol. The molecule has 5 nitrogen and oxygen atoms in total. The van der Waals surface area contributed by atoms with Crippen LogP contribution in [0.2, 0.25) is 10.0 Å². The number of nitro benzene ring substituents is 1. The van der Waals surface area contributed by atoms with Gasteiger partial charge in [-0.1, -0.05) is 41.4 Å². The van der Waals surface area contributed by atoms with Gasteiger partial charge in [-0.3, -0.25) is 14.9 Å². The first kappa shape index (κ1) is 18.0. The molecule has 2 rings (SSSR count). The Hall–Kier alpha value is -2.37. The molecule has 0 unspecified atom stereocenters. The van der Waals surface area contributed by atoms with Crippen molar-refractivity contribution < 1.29 is 9.72 Å². The summed E-state index contributed by atoms with van der Waals surface area (Å²) in [4.78, 5) is 23.9. The molecule has 7 heteroatoms. The van der Waals surface area contributed by atoms with Crippen molar-refractivity contribution in [1.29, 1.82) is 0 Å². The highest BCUT2D eigenvalue weighted by Gasteiger charge is 2.08. The summed E-state index contributed by atoms with van der Waals surface area (Å²) >= 11 is 11.8. The zero-order valence-electron chi connectivity index (χ0n) is 12.8. The zero-order valence-corrected chi connectivity index (χ0v) is 14.3. The second-order valence-electron chi connectivity index (χ2n) is 5.13. The molecule has 0 aliphatic heterocycles. The van der Waals surface area contributed by atoms with Crippen LogP contribution in [-0.4, -0.2) is 22.8 Å². The standard InChI is InChI=1S/C17H14Cl2N2O3/c1-20(11-13-5-7-15(18)16(19)10-13)17(22)8-6-12-3-2-4-14(9-12)21(23)24/h2-10H,11H2,1H3. The number of halogens is 2. The van der Waals surface area contributed by atoms with E-state index in [0.29, 0.717) is 22.2 Å². The lowest BCUT2D eigenvalue weighted by atomic mass is 10.2. The van der Waals surface area contributed by atoms with Crippen LogP contribution in [0, 0.1) is 10.1 Å². The van der Waals surface area contributed by atoms with Crippen LogP contribution in [0.5, 0.6) is 0 Å². The summed E-state index contributed by atoms with van der Waals surface area (Å²) < 4.78 is 0. The maximum atomic E-state index is 12.1. The zero-order chi connectivity index (χ0) is 17.7. The van der Waals surface area contributed by atoms with E-state index >= 15 is 0 Å². The molecule has 0 heterocycles. The monoisotopic (exact) mass is 364 g/mol. The number of carbonyl (C=O) groups excluding carboxylic acids is 1. The third kappa shape index (κ3) is 4.81. The Bertz CT molecular complexity index is 806. The van der Waals surface area contributed by atoms with Crippen molar-refractivity contribution in [2.75, 3.05) is 7.05 Å². The van der Waals surface area contributed by atoms with Gasteiger partial charge in [-0.2, -0.15) is 0 Å². The van der Waals surface area contributed by atoms with E-state index in [2.05, 4.69) is 0 Å².